The number of nitrogens with one attached hydrogen (secondary N) is 2. The van der Waals surface area contributed by atoms with Gasteiger partial charge >= 0.3 is 0 Å². The Bertz CT molecular complexity index is 884. The van der Waals surface area contributed by atoms with Crippen molar-refractivity contribution in [1.82, 2.24) is 15.3 Å². The van der Waals surface area contributed by atoms with E-state index in [0.717, 1.165) is 49.3 Å². The van der Waals surface area contributed by atoms with Gasteiger partial charge in [-0.25, -0.2) is 0 Å². The maximum atomic E-state index is 5.61. The first-order chi connectivity index (χ1) is 15.0. The number of aryl methyl sites for hydroxylation is 1. The molecule has 0 aliphatic carbocycles. The molecule has 2 aromatic heterocycles. The fraction of sp³-hybridized carbons (Fsp3) is 0.609. The van der Waals surface area contributed by atoms with Crippen molar-refractivity contribution in [2.45, 2.75) is 53.0 Å². The van der Waals surface area contributed by atoms with Crippen molar-refractivity contribution in [2.24, 2.45) is 11.8 Å². The number of piperidine rings is 2. The number of thiocarbonyl (C=S) groups is 1. The second-order valence-electron chi connectivity index (χ2n) is 9.13. The molecule has 2 aliphatic rings. The summed E-state index contributed by atoms with van der Waals surface area (Å²) in [7, 11) is 0. The highest BCUT2D eigenvalue weighted by Gasteiger charge is 2.25. The van der Waals surface area contributed by atoms with Gasteiger partial charge in [-0.2, -0.15) is 9.97 Å². The van der Waals surface area contributed by atoms with Crippen LogP contribution in [0.25, 0.3) is 0 Å². The molecule has 2 saturated heterocycles. The van der Waals surface area contributed by atoms with Crippen LogP contribution in [0.2, 0.25) is 0 Å². The van der Waals surface area contributed by atoms with Crippen LogP contribution in [0.4, 0.5) is 17.6 Å². The lowest BCUT2D eigenvalue weighted by Crippen LogP contribution is -2.40. The van der Waals surface area contributed by atoms with Crippen molar-refractivity contribution in [3.8, 4) is 0 Å². The standard InChI is InChI=1S/C23H34N6OS/c1-16-11-17(2)15-29(14-16)21-12-20(28-9-5-4-6-10-28)25-22(26-21)27-23(31)24-13-19-8-7-18(3)30-19/h7-8,12,16-17H,4-6,9-11,13-15H2,1-3H3,(H2,24,25,26,27,31)/t16-,17+. The Morgan fingerprint density at radius 1 is 1.06 bits per heavy atom. The Hall–Kier alpha value is -2.35. The molecule has 168 valence electrons. The largest absolute Gasteiger partial charge is 0.465 e. The lowest BCUT2D eigenvalue weighted by atomic mass is 9.92. The minimum Gasteiger partial charge on any atom is -0.465 e. The van der Waals surface area contributed by atoms with E-state index in [9.17, 15) is 0 Å². The van der Waals surface area contributed by atoms with Gasteiger partial charge < -0.3 is 24.9 Å². The number of furan rings is 1. The van der Waals surface area contributed by atoms with E-state index in [0.29, 0.717) is 29.4 Å². The Kier molecular flexibility index (Phi) is 6.95. The number of aromatic nitrogens is 2. The maximum absolute atomic E-state index is 5.61. The first kappa shape index (κ1) is 21.9. The molecule has 7 nitrogen and oxygen atoms in total. The van der Waals surface area contributed by atoms with E-state index in [1.54, 1.807) is 0 Å². The monoisotopic (exact) mass is 442 g/mol. The van der Waals surface area contributed by atoms with Gasteiger partial charge in [0, 0.05) is 32.2 Å². The summed E-state index contributed by atoms with van der Waals surface area (Å²) in [6, 6.07) is 6.06. The number of hydrogen-bond acceptors (Lipinski definition) is 6. The molecule has 4 heterocycles. The minimum absolute atomic E-state index is 0.496. The van der Waals surface area contributed by atoms with Crippen LogP contribution in [0.1, 0.15) is 51.1 Å². The smallest absolute Gasteiger partial charge is 0.232 e. The normalized spacial score (nSPS) is 21.8. The van der Waals surface area contributed by atoms with E-state index in [1.807, 2.05) is 19.1 Å². The number of nitrogens with zero attached hydrogens (tertiary/aromatic N) is 4. The number of anilines is 3. The molecule has 2 N–H and O–H groups in total. The molecule has 2 atom stereocenters. The molecule has 2 fully saturated rings. The van der Waals surface area contributed by atoms with Crippen molar-refractivity contribution >= 4 is 34.9 Å². The molecule has 8 heteroatoms. The summed E-state index contributed by atoms with van der Waals surface area (Å²) in [4.78, 5) is 14.4. The lowest BCUT2D eigenvalue weighted by molar-refractivity contribution is 0.355. The Morgan fingerprint density at radius 3 is 2.39 bits per heavy atom. The van der Waals surface area contributed by atoms with Gasteiger partial charge in [0.05, 0.1) is 6.54 Å². The second kappa shape index (κ2) is 9.85. The van der Waals surface area contributed by atoms with E-state index >= 15 is 0 Å². The van der Waals surface area contributed by atoms with E-state index in [2.05, 4.69) is 40.3 Å². The van der Waals surface area contributed by atoms with E-state index < -0.39 is 0 Å². The summed E-state index contributed by atoms with van der Waals surface area (Å²) >= 11 is 5.51. The molecule has 31 heavy (non-hydrogen) atoms. The number of rotatable bonds is 5. The molecule has 0 bridgehead atoms. The third-order valence-corrected chi connectivity index (χ3v) is 6.26. The number of hydrogen-bond donors (Lipinski definition) is 2. The molecule has 0 unspecified atom stereocenters. The predicted molar refractivity (Wildman–Crippen MR) is 130 cm³/mol. The predicted octanol–water partition coefficient (Wildman–Crippen LogP) is 4.34. The highest BCUT2D eigenvalue weighted by atomic mass is 32.1. The van der Waals surface area contributed by atoms with Gasteiger partial charge in [-0.3, -0.25) is 0 Å². The molecule has 0 radical (unpaired) electrons. The molecule has 0 amide bonds. The van der Waals surface area contributed by atoms with Crippen LogP contribution in [0, 0.1) is 18.8 Å². The fourth-order valence-corrected chi connectivity index (χ4v) is 4.83. The van der Waals surface area contributed by atoms with Gasteiger partial charge in [0.25, 0.3) is 0 Å². The third kappa shape index (κ3) is 5.87. The summed E-state index contributed by atoms with van der Waals surface area (Å²) in [5.41, 5.74) is 0. The molecule has 0 saturated carbocycles. The van der Waals surface area contributed by atoms with Crippen molar-refractivity contribution in [3.63, 3.8) is 0 Å². The first-order valence-electron chi connectivity index (χ1n) is 11.5. The highest BCUT2D eigenvalue weighted by molar-refractivity contribution is 7.80. The lowest BCUT2D eigenvalue weighted by Gasteiger charge is -2.36. The van der Waals surface area contributed by atoms with Crippen LogP contribution >= 0.6 is 12.2 Å². The topological polar surface area (TPSA) is 69.5 Å². The van der Waals surface area contributed by atoms with E-state index in [4.69, 9.17) is 26.6 Å². The van der Waals surface area contributed by atoms with E-state index in [1.165, 1.54) is 25.7 Å². The van der Waals surface area contributed by atoms with Gasteiger partial charge in [-0.1, -0.05) is 13.8 Å². The summed E-state index contributed by atoms with van der Waals surface area (Å²) in [5, 5.41) is 6.89. The maximum Gasteiger partial charge on any atom is 0.232 e. The zero-order valence-corrected chi connectivity index (χ0v) is 19.7. The van der Waals surface area contributed by atoms with Crippen molar-refractivity contribution in [1.29, 1.82) is 0 Å². The van der Waals surface area contributed by atoms with Crippen LogP contribution in [0.5, 0.6) is 0 Å². The van der Waals surface area contributed by atoms with Crippen LogP contribution in [0.3, 0.4) is 0 Å². The zero-order valence-electron chi connectivity index (χ0n) is 18.9. The quantitative estimate of drug-likeness (QED) is 0.663. The van der Waals surface area contributed by atoms with Crippen molar-refractivity contribution in [2.75, 3.05) is 41.3 Å². The van der Waals surface area contributed by atoms with Crippen LogP contribution in [0.15, 0.2) is 22.6 Å². The summed E-state index contributed by atoms with van der Waals surface area (Å²) in [6.07, 6.45) is 4.98. The van der Waals surface area contributed by atoms with Crippen LogP contribution in [-0.2, 0) is 6.54 Å². The molecular formula is C23H34N6OS. The summed E-state index contributed by atoms with van der Waals surface area (Å²) in [6.45, 7) is 11.3. The van der Waals surface area contributed by atoms with Gasteiger partial charge in [0.15, 0.2) is 5.11 Å². The van der Waals surface area contributed by atoms with E-state index in [-0.39, 0.29) is 0 Å². The van der Waals surface area contributed by atoms with Crippen LogP contribution in [-0.4, -0.2) is 41.3 Å². The minimum atomic E-state index is 0.496. The zero-order chi connectivity index (χ0) is 21.8. The average Bonchev–Trinajstić information content (AvgIpc) is 3.17. The average molecular weight is 443 g/mol. The Balaban J connectivity index is 1.51. The Labute approximate surface area is 190 Å². The van der Waals surface area contributed by atoms with Gasteiger partial charge in [-0.15, -0.1) is 0 Å². The van der Waals surface area contributed by atoms with Crippen molar-refractivity contribution < 1.29 is 4.42 Å². The SMILES string of the molecule is Cc1ccc(CNC(=S)Nc2nc(N3CCCCC3)cc(N3C[C@H](C)C[C@H](C)C3)n2)o1. The van der Waals surface area contributed by atoms with Crippen LogP contribution < -0.4 is 20.4 Å². The summed E-state index contributed by atoms with van der Waals surface area (Å²) < 4.78 is 5.61. The molecule has 2 aliphatic heterocycles. The van der Waals surface area contributed by atoms with Crippen molar-refractivity contribution in [3.05, 3.63) is 29.7 Å². The molecule has 2 aromatic rings. The molecule has 0 spiro atoms. The van der Waals surface area contributed by atoms with Gasteiger partial charge in [0.2, 0.25) is 5.95 Å². The fourth-order valence-electron chi connectivity index (χ4n) is 4.67. The molecular weight excluding hydrogens is 408 g/mol. The van der Waals surface area contributed by atoms with Gasteiger partial charge in [0.1, 0.15) is 23.2 Å². The molecule has 0 aromatic carbocycles. The molecule has 4 rings (SSSR count). The Morgan fingerprint density at radius 2 is 1.74 bits per heavy atom. The first-order valence-corrected chi connectivity index (χ1v) is 11.9. The second-order valence-corrected chi connectivity index (χ2v) is 9.53. The summed E-state index contributed by atoms with van der Waals surface area (Å²) in [5.74, 6) is 5.59. The third-order valence-electron chi connectivity index (χ3n) is 6.02. The van der Waals surface area contributed by atoms with Gasteiger partial charge in [-0.05, 0) is 68.8 Å². The highest BCUT2D eigenvalue weighted by Crippen LogP contribution is 2.29.